The molecule has 0 saturated carbocycles. The highest BCUT2D eigenvalue weighted by atomic mass is 32.1. The standard InChI is InChI=1S/C14H11NOS/c1-9-6-7-11(15-14(9)16)13-8-10-4-2-3-5-12(10)17-13/h2-8H,1H3,(H,15,16). The Morgan fingerprint density at radius 2 is 1.94 bits per heavy atom. The fourth-order valence-corrected chi connectivity index (χ4v) is 2.85. The third kappa shape index (κ3) is 1.78. The number of benzene rings is 1. The minimum atomic E-state index is -0.0139. The van der Waals surface area contributed by atoms with Gasteiger partial charge < -0.3 is 4.98 Å². The molecular weight excluding hydrogens is 230 g/mol. The van der Waals surface area contributed by atoms with Crippen LogP contribution in [0.5, 0.6) is 0 Å². The van der Waals surface area contributed by atoms with Crippen LogP contribution < -0.4 is 5.56 Å². The first-order chi connectivity index (χ1) is 8.24. The molecule has 3 heteroatoms. The Labute approximate surface area is 103 Å². The number of thiophene rings is 1. The van der Waals surface area contributed by atoms with Crippen molar-refractivity contribution in [3.8, 4) is 10.6 Å². The summed E-state index contributed by atoms with van der Waals surface area (Å²) in [5.41, 5.74) is 1.62. The molecule has 2 aromatic heterocycles. The lowest BCUT2D eigenvalue weighted by Crippen LogP contribution is -2.08. The second kappa shape index (κ2) is 3.86. The summed E-state index contributed by atoms with van der Waals surface area (Å²) in [5, 5.41) is 1.22. The predicted octanol–water partition coefficient (Wildman–Crippen LogP) is 3.57. The second-order valence-corrected chi connectivity index (χ2v) is 5.12. The van der Waals surface area contributed by atoms with Crippen LogP contribution in [0.2, 0.25) is 0 Å². The van der Waals surface area contributed by atoms with Crippen LogP contribution in [0, 0.1) is 6.92 Å². The molecule has 17 heavy (non-hydrogen) atoms. The van der Waals surface area contributed by atoms with E-state index in [-0.39, 0.29) is 5.56 Å². The minimum absolute atomic E-state index is 0.0139. The van der Waals surface area contributed by atoms with Crippen LogP contribution in [0.25, 0.3) is 20.7 Å². The number of hydrogen-bond donors (Lipinski definition) is 1. The van der Waals surface area contributed by atoms with Crippen LogP contribution >= 0.6 is 11.3 Å². The summed E-state index contributed by atoms with van der Waals surface area (Å²) in [6.45, 7) is 1.81. The number of aryl methyl sites for hydroxylation is 1. The summed E-state index contributed by atoms with van der Waals surface area (Å²) in [5.74, 6) is 0. The Bertz CT molecular complexity index is 706. The third-order valence-electron chi connectivity index (χ3n) is 2.80. The van der Waals surface area contributed by atoms with E-state index in [4.69, 9.17) is 0 Å². The molecule has 1 aromatic carbocycles. The largest absolute Gasteiger partial charge is 0.321 e. The lowest BCUT2D eigenvalue weighted by atomic mass is 10.2. The highest BCUT2D eigenvalue weighted by Gasteiger charge is 2.05. The molecule has 0 aliphatic rings. The fourth-order valence-electron chi connectivity index (χ4n) is 1.80. The molecule has 2 heterocycles. The molecule has 0 radical (unpaired) electrons. The van der Waals surface area contributed by atoms with Crippen molar-refractivity contribution in [2.45, 2.75) is 6.92 Å². The molecule has 0 aliphatic carbocycles. The van der Waals surface area contributed by atoms with E-state index in [2.05, 4.69) is 23.2 Å². The zero-order chi connectivity index (χ0) is 11.8. The van der Waals surface area contributed by atoms with Gasteiger partial charge in [0.2, 0.25) is 0 Å². The molecule has 0 amide bonds. The maximum Gasteiger partial charge on any atom is 0.251 e. The molecule has 2 nitrogen and oxygen atoms in total. The Balaban J connectivity index is 2.20. The predicted molar refractivity (Wildman–Crippen MR) is 72.6 cm³/mol. The quantitative estimate of drug-likeness (QED) is 0.694. The van der Waals surface area contributed by atoms with E-state index >= 15 is 0 Å². The van der Waals surface area contributed by atoms with Crippen molar-refractivity contribution in [3.63, 3.8) is 0 Å². The molecule has 0 bridgehead atoms. The van der Waals surface area contributed by atoms with E-state index in [9.17, 15) is 4.79 Å². The van der Waals surface area contributed by atoms with E-state index in [0.29, 0.717) is 0 Å². The Kier molecular flexibility index (Phi) is 2.34. The topological polar surface area (TPSA) is 32.9 Å². The molecule has 3 aromatic rings. The normalized spacial score (nSPS) is 10.9. The lowest BCUT2D eigenvalue weighted by molar-refractivity contribution is 1.19. The van der Waals surface area contributed by atoms with Crippen LogP contribution in [0.15, 0.2) is 47.3 Å². The van der Waals surface area contributed by atoms with Gasteiger partial charge in [0.15, 0.2) is 0 Å². The lowest BCUT2D eigenvalue weighted by Gasteiger charge is -1.97. The summed E-state index contributed by atoms with van der Waals surface area (Å²) in [4.78, 5) is 15.6. The van der Waals surface area contributed by atoms with Gasteiger partial charge in [-0.15, -0.1) is 11.3 Å². The molecule has 0 fully saturated rings. The van der Waals surface area contributed by atoms with Gasteiger partial charge in [-0.2, -0.15) is 0 Å². The van der Waals surface area contributed by atoms with Gasteiger partial charge in [0.05, 0.1) is 10.6 Å². The third-order valence-corrected chi connectivity index (χ3v) is 3.95. The van der Waals surface area contributed by atoms with Crippen LogP contribution in [0.1, 0.15) is 5.56 Å². The van der Waals surface area contributed by atoms with Gasteiger partial charge in [0.25, 0.3) is 5.56 Å². The van der Waals surface area contributed by atoms with Gasteiger partial charge in [-0.05, 0) is 30.5 Å². The summed E-state index contributed by atoms with van der Waals surface area (Å²) in [7, 11) is 0. The first-order valence-corrected chi connectivity index (χ1v) is 6.24. The molecular formula is C14H11NOS. The zero-order valence-electron chi connectivity index (χ0n) is 9.36. The number of aromatic amines is 1. The molecule has 1 N–H and O–H groups in total. The molecule has 0 spiro atoms. The highest BCUT2D eigenvalue weighted by Crippen LogP contribution is 2.31. The summed E-state index contributed by atoms with van der Waals surface area (Å²) >= 11 is 1.69. The van der Waals surface area contributed by atoms with E-state index in [1.807, 2.05) is 31.2 Å². The van der Waals surface area contributed by atoms with Crippen LogP contribution in [0.4, 0.5) is 0 Å². The molecule has 0 unspecified atom stereocenters. The SMILES string of the molecule is Cc1ccc(-c2cc3ccccc3s2)[nH]c1=O. The molecule has 0 saturated heterocycles. The van der Waals surface area contributed by atoms with Gasteiger partial charge in [0, 0.05) is 10.3 Å². The van der Waals surface area contributed by atoms with E-state index in [0.717, 1.165) is 16.1 Å². The maximum absolute atomic E-state index is 11.6. The summed E-state index contributed by atoms with van der Waals surface area (Å²) < 4.78 is 1.24. The summed E-state index contributed by atoms with van der Waals surface area (Å²) in [6, 6.07) is 14.2. The van der Waals surface area contributed by atoms with Crippen molar-refractivity contribution in [3.05, 3.63) is 58.4 Å². The average Bonchev–Trinajstić information content (AvgIpc) is 2.76. The number of fused-ring (bicyclic) bond motifs is 1. The molecule has 84 valence electrons. The molecule has 0 atom stereocenters. The van der Waals surface area contributed by atoms with Gasteiger partial charge in [-0.25, -0.2) is 0 Å². The second-order valence-electron chi connectivity index (χ2n) is 4.03. The van der Waals surface area contributed by atoms with Crippen molar-refractivity contribution in [2.75, 3.05) is 0 Å². The monoisotopic (exact) mass is 241 g/mol. The van der Waals surface area contributed by atoms with Crippen LogP contribution in [0.3, 0.4) is 0 Å². The van der Waals surface area contributed by atoms with Crippen molar-refractivity contribution < 1.29 is 0 Å². The van der Waals surface area contributed by atoms with Crippen LogP contribution in [-0.2, 0) is 0 Å². The Hall–Kier alpha value is -1.87. The van der Waals surface area contributed by atoms with Gasteiger partial charge in [0.1, 0.15) is 0 Å². The number of hydrogen-bond acceptors (Lipinski definition) is 2. The number of pyridine rings is 1. The highest BCUT2D eigenvalue weighted by molar-refractivity contribution is 7.22. The molecule has 3 rings (SSSR count). The van der Waals surface area contributed by atoms with Gasteiger partial charge in [-0.3, -0.25) is 4.79 Å². The van der Waals surface area contributed by atoms with Crippen molar-refractivity contribution in [2.24, 2.45) is 0 Å². The van der Waals surface area contributed by atoms with Crippen molar-refractivity contribution in [1.82, 2.24) is 4.98 Å². The average molecular weight is 241 g/mol. The van der Waals surface area contributed by atoms with Crippen LogP contribution in [-0.4, -0.2) is 4.98 Å². The number of rotatable bonds is 1. The van der Waals surface area contributed by atoms with Crippen molar-refractivity contribution in [1.29, 1.82) is 0 Å². The minimum Gasteiger partial charge on any atom is -0.321 e. The molecule has 0 aliphatic heterocycles. The Morgan fingerprint density at radius 3 is 2.71 bits per heavy atom. The number of nitrogens with one attached hydrogen (secondary N) is 1. The Morgan fingerprint density at radius 1 is 1.12 bits per heavy atom. The maximum atomic E-state index is 11.6. The van der Waals surface area contributed by atoms with E-state index in [1.54, 1.807) is 11.3 Å². The smallest absolute Gasteiger partial charge is 0.251 e. The summed E-state index contributed by atoms with van der Waals surface area (Å²) in [6.07, 6.45) is 0. The first kappa shape index (κ1) is 10.3. The van der Waals surface area contributed by atoms with E-state index < -0.39 is 0 Å². The van der Waals surface area contributed by atoms with Gasteiger partial charge in [-0.1, -0.05) is 24.3 Å². The van der Waals surface area contributed by atoms with E-state index in [1.165, 1.54) is 10.1 Å². The number of aromatic nitrogens is 1. The number of H-pyrrole nitrogens is 1. The van der Waals surface area contributed by atoms with Crippen molar-refractivity contribution >= 4 is 21.4 Å². The van der Waals surface area contributed by atoms with Gasteiger partial charge >= 0.3 is 0 Å². The fraction of sp³-hybridized carbons (Fsp3) is 0.0714. The first-order valence-electron chi connectivity index (χ1n) is 5.43. The zero-order valence-corrected chi connectivity index (χ0v) is 10.2.